The number of nitrogen functional groups attached to an aromatic ring is 1. The fourth-order valence-electron chi connectivity index (χ4n) is 2.25. The van der Waals surface area contributed by atoms with Crippen molar-refractivity contribution in [3.63, 3.8) is 0 Å². The van der Waals surface area contributed by atoms with Crippen LogP contribution in [0.1, 0.15) is 36.5 Å². The van der Waals surface area contributed by atoms with E-state index in [4.69, 9.17) is 15.2 Å². The van der Waals surface area contributed by atoms with Gasteiger partial charge in [0.15, 0.2) is 0 Å². The van der Waals surface area contributed by atoms with E-state index in [-0.39, 0.29) is 11.4 Å². The average Bonchev–Trinajstić information content (AvgIpc) is 2.37. The second-order valence-corrected chi connectivity index (χ2v) is 5.16. The van der Waals surface area contributed by atoms with Crippen LogP contribution in [0.2, 0.25) is 0 Å². The summed E-state index contributed by atoms with van der Waals surface area (Å²) in [6.45, 7) is 2.04. The van der Waals surface area contributed by atoms with Gasteiger partial charge < -0.3 is 20.5 Å². The van der Waals surface area contributed by atoms with Gasteiger partial charge in [0.2, 0.25) is 0 Å². The molecule has 0 unspecified atom stereocenters. The highest BCUT2D eigenvalue weighted by atomic mass is 16.5. The Morgan fingerprint density at radius 2 is 2.00 bits per heavy atom. The molecular weight excluding hydrogens is 244 g/mol. The van der Waals surface area contributed by atoms with Gasteiger partial charge in [-0.15, -0.1) is 0 Å². The normalized spacial score (nSPS) is 16.4. The molecule has 0 saturated heterocycles. The summed E-state index contributed by atoms with van der Waals surface area (Å²) in [5.41, 5.74) is 6.57. The largest absolute Gasteiger partial charge is 0.497 e. The quantitative estimate of drug-likeness (QED) is 0.815. The molecule has 1 aliphatic rings. The van der Waals surface area contributed by atoms with Gasteiger partial charge in [-0.3, -0.25) is 4.79 Å². The number of anilines is 1. The Morgan fingerprint density at radius 3 is 2.47 bits per heavy atom. The van der Waals surface area contributed by atoms with Crippen LogP contribution in [0.4, 0.5) is 5.69 Å². The lowest BCUT2D eigenvalue weighted by Gasteiger charge is -2.39. The van der Waals surface area contributed by atoms with Crippen LogP contribution in [-0.4, -0.2) is 25.7 Å². The SMILES string of the molecule is COc1cc(OC)c(N)c(C(=O)NC2(C)CCC2)c1. The van der Waals surface area contributed by atoms with Crippen molar-refractivity contribution >= 4 is 11.6 Å². The van der Waals surface area contributed by atoms with Crippen molar-refractivity contribution in [2.24, 2.45) is 0 Å². The van der Waals surface area contributed by atoms with E-state index in [9.17, 15) is 4.79 Å². The summed E-state index contributed by atoms with van der Waals surface area (Å²) >= 11 is 0. The van der Waals surface area contributed by atoms with Crippen LogP contribution in [0, 0.1) is 0 Å². The minimum Gasteiger partial charge on any atom is -0.497 e. The molecule has 0 heterocycles. The minimum absolute atomic E-state index is 0.111. The second-order valence-electron chi connectivity index (χ2n) is 5.16. The number of nitrogens with two attached hydrogens (primary N) is 1. The highest BCUT2D eigenvalue weighted by molar-refractivity contribution is 6.01. The predicted molar refractivity (Wildman–Crippen MR) is 73.7 cm³/mol. The summed E-state index contributed by atoms with van der Waals surface area (Å²) in [5.74, 6) is 0.815. The summed E-state index contributed by atoms with van der Waals surface area (Å²) in [6, 6.07) is 3.30. The van der Waals surface area contributed by atoms with Crippen LogP contribution < -0.4 is 20.5 Å². The van der Waals surface area contributed by atoms with Gasteiger partial charge in [0.1, 0.15) is 11.5 Å². The van der Waals surface area contributed by atoms with Gasteiger partial charge in [0.05, 0.1) is 25.5 Å². The number of hydrogen-bond donors (Lipinski definition) is 2. The zero-order valence-electron chi connectivity index (χ0n) is 11.6. The molecule has 5 heteroatoms. The molecule has 1 saturated carbocycles. The van der Waals surface area contributed by atoms with Gasteiger partial charge in [-0.2, -0.15) is 0 Å². The lowest BCUT2D eigenvalue weighted by atomic mass is 9.78. The van der Waals surface area contributed by atoms with Gasteiger partial charge in [-0.25, -0.2) is 0 Å². The Balaban J connectivity index is 2.29. The van der Waals surface area contributed by atoms with Crippen molar-refractivity contribution in [3.8, 4) is 11.5 Å². The first-order chi connectivity index (χ1) is 8.99. The van der Waals surface area contributed by atoms with Crippen molar-refractivity contribution in [2.75, 3.05) is 20.0 Å². The molecule has 1 aromatic rings. The Labute approximate surface area is 113 Å². The fraction of sp³-hybridized carbons (Fsp3) is 0.500. The monoisotopic (exact) mass is 264 g/mol. The Kier molecular flexibility index (Phi) is 3.55. The number of nitrogens with one attached hydrogen (secondary N) is 1. The molecule has 0 aromatic heterocycles. The molecule has 0 aliphatic heterocycles. The van der Waals surface area contributed by atoms with Crippen molar-refractivity contribution < 1.29 is 14.3 Å². The summed E-state index contributed by atoms with van der Waals surface area (Å²) in [6.07, 6.45) is 3.15. The molecule has 19 heavy (non-hydrogen) atoms. The number of methoxy groups -OCH3 is 2. The molecule has 0 spiro atoms. The molecule has 3 N–H and O–H groups in total. The molecule has 0 atom stereocenters. The van der Waals surface area contributed by atoms with E-state index in [1.165, 1.54) is 7.11 Å². The molecule has 1 amide bonds. The molecule has 1 aromatic carbocycles. The molecular formula is C14H20N2O3. The first-order valence-electron chi connectivity index (χ1n) is 6.33. The number of carbonyl (C=O) groups is 1. The molecule has 0 radical (unpaired) electrons. The lowest BCUT2D eigenvalue weighted by molar-refractivity contribution is 0.0850. The smallest absolute Gasteiger partial charge is 0.254 e. The van der Waals surface area contributed by atoms with Crippen molar-refractivity contribution in [1.82, 2.24) is 5.32 Å². The van der Waals surface area contributed by atoms with Crippen LogP contribution in [0.15, 0.2) is 12.1 Å². The highest BCUT2D eigenvalue weighted by Crippen LogP contribution is 2.34. The van der Waals surface area contributed by atoms with Crippen LogP contribution in [0.25, 0.3) is 0 Å². The van der Waals surface area contributed by atoms with Gasteiger partial charge in [-0.05, 0) is 32.3 Å². The summed E-state index contributed by atoms with van der Waals surface area (Å²) in [5, 5.41) is 3.02. The Bertz CT molecular complexity index is 496. The molecule has 0 bridgehead atoms. The maximum Gasteiger partial charge on any atom is 0.254 e. The molecule has 1 fully saturated rings. The maximum absolute atomic E-state index is 12.3. The van der Waals surface area contributed by atoms with E-state index in [1.807, 2.05) is 6.92 Å². The Morgan fingerprint density at radius 1 is 1.32 bits per heavy atom. The predicted octanol–water partition coefficient (Wildman–Crippen LogP) is 1.96. The molecule has 1 aliphatic carbocycles. The maximum atomic E-state index is 12.3. The van der Waals surface area contributed by atoms with Crippen molar-refractivity contribution in [3.05, 3.63) is 17.7 Å². The Hall–Kier alpha value is -1.91. The summed E-state index contributed by atoms with van der Waals surface area (Å²) < 4.78 is 10.3. The number of amides is 1. The van der Waals surface area contributed by atoms with Crippen molar-refractivity contribution in [1.29, 1.82) is 0 Å². The van der Waals surface area contributed by atoms with Crippen LogP contribution >= 0.6 is 0 Å². The van der Waals surface area contributed by atoms with E-state index in [2.05, 4.69) is 5.32 Å². The van der Waals surface area contributed by atoms with E-state index >= 15 is 0 Å². The zero-order chi connectivity index (χ0) is 14.0. The second kappa shape index (κ2) is 4.99. The standard InChI is InChI=1S/C14H20N2O3/c1-14(5-4-6-14)16-13(17)10-7-9(18-2)8-11(19-3)12(10)15/h7-8H,4-6,15H2,1-3H3,(H,16,17). The first-order valence-corrected chi connectivity index (χ1v) is 6.33. The number of carbonyl (C=O) groups excluding carboxylic acids is 1. The van der Waals surface area contributed by atoms with Crippen LogP contribution in [-0.2, 0) is 0 Å². The molecule has 2 rings (SSSR count). The summed E-state index contributed by atoms with van der Waals surface area (Å²) in [7, 11) is 3.06. The number of benzene rings is 1. The van der Waals surface area contributed by atoms with E-state index < -0.39 is 0 Å². The molecule has 5 nitrogen and oxygen atoms in total. The van der Waals surface area contributed by atoms with Gasteiger partial charge in [0, 0.05) is 11.6 Å². The van der Waals surface area contributed by atoms with E-state index in [1.54, 1.807) is 19.2 Å². The zero-order valence-corrected chi connectivity index (χ0v) is 11.6. The number of ether oxygens (including phenoxy) is 2. The van der Waals surface area contributed by atoms with Crippen LogP contribution in [0.3, 0.4) is 0 Å². The summed E-state index contributed by atoms with van der Waals surface area (Å²) in [4.78, 5) is 12.3. The third-order valence-electron chi connectivity index (χ3n) is 3.69. The third-order valence-corrected chi connectivity index (χ3v) is 3.69. The third kappa shape index (κ3) is 2.59. The van der Waals surface area contributed by atoms with Gasteiger partial charge in [-0.1, -0.05) is 0 Å². The number of hydrogen-bond acceptors (Lipinski definition) is 4. The highest BCUT2D eigenvalue weighted by Gasteiger charge is 2.34. The number of rotatable bonds is 4. The lowest BCUT2D eigenvalue weighted by Crippen LogP contribution is -2.51. The topological polar surface area (TPSA) is 73.6 Å². The fourth-order valence-corrected chi connectivity index (χ4v) is 2.25. The van der Waals surface area contributed by atoms with E-state index in [0.29, 0.717) is 22.7 Å². The van der Waals surface area contributed by atoms with Gasteiger partial charge >= 0.3 is 0 Å². The average molecular weight is 264 g/mol. The van der Waals surface area contributed by atoms with Gasteiger partial charge in [0.25, 0.3) is 5.91 Å². The van der Waals surface area contributed by atoms with Crippen LogP contribution in [0.5, 0.6) is 11.5 Å². The molecule has 104 valence electrons. The first kappa shape index (κ1) is 13.5. The van der Waals surface area contributed by atoms with Crippen molar-refractivity contribution in [2.45, 2.75) is 31.7 Å². The van der Waals surface area contributed by atoms with E-state index in [0.717, 1.165) is 19.3 Å². The minimum atomic E-state index is -0.183.